The number of allylic oxidation sites excluding steroid dienone is 1. The summed E-state index contributed by atoms with van der Waals surface area (Å²) >= 11 is 0. The number of alkyl halides is 4. The van der Waals surface area contributed by atoms with Crippen LogP contribution in [0.4, 0.5) is 17.6 Å². The lowest BCUT2D eigenvalue weighted by Gasteiger charge is -2.43. The quantitative estimate of drug-likeness (QED) is 0.363. The van der Waals surface area contributed by atoms with E-state index in [0.29, 0.717) is 0 Å². The molecule has 0 bridgehead atoms. The van der Waals surface area contributed by atoms with Gasteiger partial charge in [0.2, 0.25) is 0 Å². The highest BCUT2D eigenvalue weighted by atomic mass is 19.3. The van der Waals surface area contributed by atoms with Crippen LogP contribution in [0.3, 0.4) is 0 Å². The molecular formula is C7H6F4O. The van der Waals surface area contributed by atoms with E-state index in [1.165, 1.54) is 0 Å². The van der Waals surface area contributed by atoms with Crippen LogP contribution in [-0.4, -0.2) is 18.1 Å². The first-order valence-electron chi connectivity index (χ1n) is 3.22. The summed E-state index contributed by atoms with van der Waals surface area (Å²) in [5, 5.41) is 0. The van der Waals surface area contributed by atoms with Gasteiger partial charge >= 0.3 is 11.8 Å². The number of hydrogen-bond acceptors (Lipinski definition) is 1. The molecule has 5 heteroatoms. The van der Waals surface area contributed by atoms with Gasteiger partial charge in [0, 0.05) is 6.42 Å². The summed E-state index contributed by atoms with van der Waals surface area (Å²) in [4.78, 5) is 9.96. The van der Waals surface area contributed by atoms with E-state index in [4.69, 9.17) is 0 Å². The van der Waals surface area contributed by atoms with Gasteiger partial charge in [0.05, 0.1) is 5.92 Å². The zero-order valence-electron chi connectivity index (χ0n) is 5.99. The van der Waals surface area contributed by atoms with Gasteiger partial charge in [-0.25, -0.2) is 0 Å². The molecule has 0 N–H and O–H groups in total. The Morgan fingerprint density at radius 3 is 2.17 bits per heavy atom. The molecule has 68 valence electrons. The highest BCUT2D eigenvalue weighted by Gasteiger charge is 2.72. The molecule has 12 heavy (non-hydrogen) atoms. The SMILES string of the molecule is C=C(C=O)C1CC(F)(F)C1(F)F. The molecule has 0 aromatic heterocycles. The second-order valence-corrected chi connectivity index (χ2v) is 2.78. The summed E-state index contributed by atoms with van der Waals surface area (Å²) in [5.41, 5.74) is -0.467. The molecule has 1 rings (SSSR count). The Labute approximate surface area is 66.1 Å². The van der Waals surface area contributed by atoms with Crippen LogP contribution in [0.1, 0.15) is 6.42 Å². The first-order valence-corrected chi connectivity index (χ1v) is 3.22. The van der Waals surface area contributed by atoms with Gasteiger partial charge in [-0.3, -0.25) is 4.79 Å². The van der Waals surface area contributed by atoms with Crippen molar-refractivity contribution in [1.82, 2.24) is 0 Å². The zero-order chi connectivity index (χ0) is 9.57. The lowest BCUT2D eigenvalue weighted by atomic mass is 9.73. The Hall–Kier alpha value is -0.870. The summed E-state index contributed by atoms with van der Waals surface area (Å²) in [6.07, 6.45) is -0.897. The van der Waals surface area contributed by atoms with E-state index in [0.717, 1.165) is 0 Å². The fourth-order valence-electron chi connectivity index (χ4n) is 1.09. The van der Waals surface area contributed by atoms with Gasteiger partial charge in [0.1, 0.15) is 6.29 Å². The molecule has 0 saturated heterocycles. The average Bonchev–Trinajstić information content (AvgIpc) is 1.99. The van der Waals surface area contributed by atoms with E-state index in [9.17, 15) is 22.4 Å². The predicted molar refractivity (Wildman–Crippen MR) is 33.2 cm³/mol. The van der Waals surface area contributed by atoms with Gasteiger partial charge < -0.3 is 0 Å². The summed E-state index contributed by atoms with van der Waals surface area (Å²) in [5.74, 6) is -9.78. The van der Waals surface area contributed by atoms with Gasteiger partial charge in [-0.1, -0.05) is 6.58 Å². The third-order valence-electron chi connectivity index (χ3n) is 1.98. The monoisotopic (exact) mass is 182 g/mol. The number of halogens is 4. The number of carbonyl (C=O) groups is 1. The molecule has 1 nitrogen and oxygen atoms in total. The third kappa shape index (κ3) is 0.956. The minimum Gasteiger partial charge on any atom is -0.298 e. The maximum atomic E-state index is 12.4. The molecule has 1 saturated carbocycles. The Morgan fingerprint density at radius 1 is 1.42 bits per heavy atom. The van der Waals surface area contributed by atoms with Gasteiger partial charge in [0.15, 0.2) is 0 Å². The number of hydrogen-bond donors (Lipinski definition) is 0. The van der Waals surface area contributed by atoms with Crippen molar-refractivity contribution in [2.75, 3.05) is 0 Å². The topological polar surface area (TPSA) is 17.1 Å². The fourth-order valence-corrected chi connectivity index (χ4v) is 1.09. The smallest absolute Gasteiger partial charge is 0.298 e. The van der Waals surface area contributed by atoms with Crippen molar-refractivity contribution in [3.8, 4) is 0 Å². The van der Waals surface area contributed by atoms with Crippen molar-refractivity contribution in [1.29, 1.82) is 0 Å². The van der Waals surface area contributed by atoms with E-state index < -0.39 is 29.8 Å². The minimum absolute atomic E-state index is 0.0911. The van der Waals surface area contributed by atoms with Crippen molar-refractivity contribution in [2.24, 2.45) is 5.92 Å². The zero-order valence-corrected chi connectivity index (χ0v) is 5.99. The minimum atomic E-state index is -4.11. The van der Waals surface area contributed by atoms with Crippen LogP contribution >= 0.6 is 0 Å². The Kier molecular flexibility index (Phi) is 1.77. The number of rotatable bonds is 2. The van der Waals surface area contributed by atoms with Crippen LogP contribution in [0.5, 0.6) is 0 Å². The van der Waals surface area contributed by atoms with Gasteiger partial charge in [-0.2, -0.15) is 17.6 Å². The van der Waals surface area contributed by atoms with Gasteiger partial charge in [-0.05, 0) is 5.57 Å². The van der Waals surface area contributed by atoms with Crippen molar-refractivity contribution >= 4 is 6.29 Å². The average molecular weight is 182 g/mol. The summed E-state index contributed by atoms with van der Waals surface area (Å²) in [6, 6.07) is 0. The molecule has 1 unspecified atom stereocenters. The van der Waals surface area contributed by atoms with Crippen molar-refractivity contribution in [2.45, 2.75) is 18.3 Å². The maximum Gasteiger partial charge on any atom is 0.317 e. The first kappa shape index (κ1) is 9.22. The molecule has 0 amide bonds. The van der Waals surface area contributed by atoms with Crippen LogP contribution in [0.25, 0.3) is 0 Å². The molecule has 0 radical (unpaired) electrons. The van der Waals surface area contributed by atoms with Crippen molar-refractivity contribution in [3.05, 3.63) is 12.2 Å². The van der Waals surface area contributed by atoms with E-state index in [-0.39, 0.29) is 6.29 Å². The second kappa shape index (κ2) is 2.31. The van der Waals surface area contributed by atoms with E-state index in [2.05, 4.69) is 6.58 Å². The number of aldehydes is 1. The Morgan fingerprint density at radius 2 is 1.92 bits per heavy atom. The van der Waals surface area contributed by atoms with Crippen LogP contribution in [0, 0.1) is 5.92 Å². The molecule has 1 aliphatic carbocycles. The molecule has 0 spiro atoms. The van der Waals surface area contributed by atoms with Crippen molar-refractivity contribution in [3.63, 3.8) is 0 Å². The molecular weight excluding hydrogens is 176 g/mol. The van der Waals surface area contributed by atoms with Crippen LogP contribution < -0.4 is 0 Å². The standard InChI is InChI=1S/C7H6F4O/c1-4(3-12)5-2-6(8,9)7(5,10)11/h3,5H,1-2H2. The molecule has 0 heterocycles. The summed E-state index contributed by atoms with van der Waals surface area (Å²) in [6.45, 7) is 2.97. The summed E-state index contributed by atoms with van der Waals surface area (Å²) < 4.78 is 49.2. The molecule has 1 fully saturated rings. The van der Waals surface area contributed by atoms with E-state index in [1.54, 1.807) is 0 Å². The summed E-state index contributed by atoms with van der Waals surface area (Å²) in [7, 11) is 0. The highest BCUT2D eigenvalue weighted by molar-refractivity contribution is 5.73. The lowest BCUT2D eigenvalue weighted by Crippen LogP contribution is -2.59. The van der Waals surface area contributed by atoms with Gasteiger partial charge in [-0.15, -0.1) is 0 Å². The Bertz CT molecular complexity index is 234. The molecule has 1 aliphatic rings. The highest BCUT2D eigenvalue weighted by Crippen LogP contribution is 2.57. The van der Waals surface area contributed by atoms with Crippen LogP contribution in [-0.2, 0) is 4.79 Å². The lowest BCUT2D eigenvalue weighted by molar-refractivity contribution is -0.303. The van der Waals surface area contributed by atoms with E-state index >= 15 is 0 Å². The molecule has 1 atom stereocenters. The molecule has 0 aliphatic heterocycles. The number of carbonyl (C=O) groups excluding carboxylic acids is 1. The van der Waals surface area contributed by atoms with Crippen molar-refractivity contribution < 1.29 is 22.4 Å². The second-order valence-electron chi connectivity index (χ2n) is 2.78. The van der Waals surface area contributed by atoms with Crippen LogP contribution in [0.2, 0.25) is 0 Å². The maximum absolute atomic E-state index is 12.4. The normalized spacial score (nSPS) is 30.5. The first-order chi connectivity index (χ1) is 5.33. The molecule has 0 aromatic carbocycles. The third-order valence-corrected chi connectivity index (χ3v) is 1.98. The Balaban J connectivity index is 2.78. The molecule has 0 aromatic rings. The van der Waals surface area contributed by atoms with Gasteiger partial charge in [0.25, 0.3) is 0 Å². The predicted octanol–water partition coefficient (Wildman–Crippen LogP) is 2.03. The van der Waals surface area contributed by atoms with E-state index in [1.807, 2.05) is 0 Å². The largest absolute Gasteiger partial charge is 0.317 e. The fraction of sp³-hybridized carbons (Fsp3) is 0.571. The van der Waals surface area contributed by atoms with Crippen LogP contribution in [0.15, 0.2) is 12.2 Å².